The molecule has 0 atom stereocenters. The Balaban J connectivity index is 1.30. The maximum absolute atomic E-state index is 12.9. The topological polar surface area (TPSA) is 48.0 Å². The molecule has 1 fully saturated rings. The molecule has 0 radical (unpaired) electrons. The van der Waals surface area contributed by atoms with Gasteiger partial charge >= 0.3 is 0 Å². The van der Waals surface area contributed by atoms with E-state index in [4.69, 9.17) is 14.2 Å². The SMILES string of the molecule is O=C(COc1ccc(F)cc1)N1CCC(OCCOc2ccccc2)CC1. The Morgan fingerprint density at radius 2 is 1.59 bits per heavy atom. The molecule has 6 heteroatoms. The number of hydrogen-bond acceptors (Lipinski definition) is 4. The van der Waals surface area contributed by atoms with Gasteiger partial charge in [0.1, 0.15) is 23.9 Å². The van der Waals surface area contributed by atoms with E-state index in [9.17, 15) is 9.18 Å². The number of piperidine rings is 1. The molecule has 0 bridgehead atoms. The molecule has 1 aliphatic heterocycles. The summed E-state index contributed by atoms with van der Waals surface area (Å²) in [4.78, 5) is 14.0. The Labute approximate surface area is 158 Å². The first kappa shape index (κ1) is 19.2. The molecule has 3 rings (SSSR count). The number of amides is 1. The highest BCUT2D eigenvalue weighted by atomic mass is 19.1. The zero-order valence-corrected chi connectivity index (χ0v) is 15.2. The van der Waals surface area contributed by atoms with Gasteiger partial charge in [0.05, 0.1) is 12.7 Å². The van der Waals surface area contributed by atoms with Crippen LogP contribution in [0.2, 0.25) is 0 Å². The molecule has 2 aromatic rings. The fourth-order valence-corrected chi connectivity index (χ4v) is 2.93. The molecule has 0 aromatic heterocycles. The number of carbonyl (C=O) groups is 1. The van der Waals surface area contributed by atoms with E-state index >= 15 is 0 Å². The van der Waals surface area contributed by atoms with Gasteiger partial charge in [-0.1, -0.05) is 18.2 Å². The largest absolute Gasteiger partial charge is 0.491 e. The summed E-state index contributed by atoms with van der Waals surface area (Å²) in [6.07, 6.45) is 1.74. The second-order valence-electron chi connectivity index (χ2n) is 6.36. The summed E-state index contributed by atoms with van der Waals surface area (Å²) < 4.78 is 29.7. The number of nitrogens with zero attached hydrogens (tertiary/aromatic N) is 1. The standard InChI is InChI=1S/C21H24FNO4/c22-17-6-8-19(9-7-17)27-16-21(24)23-12-10-20(11-13-23)26-15-14-25-18-4-2-1-3-5-18/h1-9,20H,10-16H2. The van der Waals surface area contributed by atoms with Gasteiger partial charge in [-0.05, 0) is 49.2 Å². The molecule has 0 unspecified atom stereocenters. The van der Waals surface area contributed by atoms with Gasteiger partial charge < -0.3 is 19.1 Å². The van der Waals surface area contributed by atoms with E-state index in [1.807, 2.05) is 30.3 Å². The van der Waals surface area contributed by atoms with Crippen LogP contribution in [0.1, 0.15) is 12.8 Å². The predicted molar refractivity (Wildman–Crippen MR) is 99.4 cm³/mol. The summed E-state index contributed by atoms with van der Waals surface area (Å²) >= 11 is 0. The number of likely N-dealkylation sites (tertiary alicyclic amines) is 1. The summed E-state index contributed by atoms with van der Waals surface area (Å²) in [5, 5.41) is 0. The van der Waals surface area contributed by atoms with Crippen molar-refractivity contribution in [3.63, 3.8) is 0 Å². The molecule has 5 nitrogen and oxygen atoms in total. The quantitative estimate of drug-likeness (QED) is 0.666. The maximum Gasteiger partial charge on any atom is 0.260 e. The van der Waals surface area contributed by atoms with Crippen molar-refractivity contribution in [2.24, 2.45) is 0 Å². The Bertz CT molecular complexity index is 700. The smallest absolute Gasteiger partial charge is 0.260 e. The van der Waals surface area contributed by atoms with Crippen LogP contribution >= 0.6 is 0 Å². The van der Waals surface area contributed by atoms with Crippen LogP contribution in [0.5, 0.6) is 11.5 Å². The highest BCUT2D eigenvalue weighted by molar-refractivity contribution is 5.77. The molecular formula is C21H24FNO4. The van der Waals surface area contributed by atoms with Crippen LogP contribution < -0.4 is 9.47 Å². The second-order valence-corrected chi connectivity index (χ2v) is 6.36. The number of halogens is 1. The molecule has 0 spiro atoms. The lowest BCUT2D eigenvalue weighted by Gasteiger charge is -2.31. The first-order valence-electron chi connectivity index (χ1n) is 9.16. The van der Waals surface area contributed by atoms with Crippen LogP contribution in [0.4, 0.5) is 4.39 Å². The van der Waals surface area contributed by atoms with Gasteiger partial charge in [-0.3, -0.25) is 4.79 Å². The minimum absolute atomic E-state index is 0.0396. The van der Waals surface area contributed by atoms with Gasteiger partial charge in [-0.25, -0.2) is 4.39 Å². The Morgan fingerprint density at radius 3 is 2.30 bits per heavy atom. The zero-order valence-electron chi connectivity index (χ0n) is 15.2. The van der Waals surface area contributed by atoms with Crippen LogP contribution in [0.15, 0.2) is 54.6 Å². The number of para-hydroxylation sites is 1. The van der Waals surface area contributed by atoms with Crippen molar-refractivity contribution in [2.45, 2.75) is 18.9 Å². The average molecular weight is 373 g/mol. The number of rotatable bonds is 8. The summed E-state index contributed by atoms with van der Waals surface area (Å²) in [6.45, 7) is 2.30. The van der Waals surface area contributed by atoms with Crippen molar-refractivity contribution in [3.05, 3.63) is 60.4 Å². The first-order valence-corrected chi connectivity index (χ1v) is 9.16. The fraction of sp³-hybridized carbons (Fsp3) is 0.381. The monoisotopic (exact) mass is 373 g/mol. The number of benzene rings is 2. The molecule has 2 aromatic carbocycles. The Morgan fingerprint density at radius 1 is 0.926 bits per heavy atom. The van der Waals surface area contributed by atoms with Crippen LogP contribution in [0, 0.1) is 5.82 Å². The predicted octanol–water partition coefficient (Wildman–Crippen LogP) is 3.29. The minimum Gasteiger partial charge on any atom is -0.491 e. The van der Waals surface area contributed by atoms with Gasteiger partial charge in [0.25, 0.3) is 5.91 Å². The van der Waals surface area contributed by atoms with E-state index in [-0.39, 0.29) is 24.4 Å². The Hall–Kier alpha value is -2.60. The van der Waals surface area contributed by atoms with Crippen molar-refractivity contribution in [1.82, 2.24) is 4.90 Å². The van der Waals surface area contributed by atoms with Crippen LogP contribution in [-0.4, -0.2) is 49.8 Å². The molecule has 0 N–H and O–H groups in total. The van der Waals surface area contributed by atoms with Crippen molar-refractivity contribution in [1.29, 1.82) is 0 Å². The van der Waals surface area contributed by atoms with Gasteiger partial charge in [0.15, 0.2) is 6.61 Å². The van der Waals surface area contributed by atoms with Gasteiger partial charge in [-0.2, -0.15) is 0 Å². The lowest BCUT2D eigenvalue weighted by Crippen LogP contribution is -2.43. The molecular weight excluding hydrogens is 349 g/mol. The normalized spacial score (nSPS) is 14.8. The maximum atomic E-state index is 12.9. The van der Waals surface area contributed by atoms with E-state index in [2.05, 4.69) is 0 Å². The van der Waals surface area contributed by atoms with E-state index < -0.39 is 0 Å². The molecule has 1 amide bonds. The van der Waals surface area contributed by atoms with E-state index in [1.54, 1.807) is 4.90 Å². The third-order valence-electron chi connectivity index (χ3n) is 4.42. The molecule has 1 aliphatic rings. The molecule has 0 saturated carbocycles. The molecule has 27 heavy (non-hydrogen) atoms. The van der Waals surface area contributed by atoms with E-state index in [0.29, 0.717) is 32.1 Å². The van der Waals surface area contributed by atoms with Gasteiger partial charge in [-0.15, -0.1) is 0 Å². The zero-order chi connectivity index (χ0) is 18.9. The first-order chi connectivity index (χ1) is 13.2. The lowest BCUT2D eigenvalue weighted by atomic mass is 10.1. The third-order valence-corrected chi connectivity index (χ3v) is 4.42. The summed E-state index contributed by atoms with van der Waals surface area (Å²) in [6, 6.07) is 15.3. The molecule has 144 valence electrons. The van der Waals surface area contributed by atoms with Crippen LogP contribution in [0.3, 0.4) is 0 Å². The number of ether oxygens (including phenoxy) is 3. The lowest BCUT2D eigenvalue weighted by molar-refractivity contribution is -0.136. The van der Waals surface area contributed by atoms with Crippen molar-refractivity contribution >= 4 is 5.91 Å². The van der Waals surface area contributed by atoms with Crippen molar-refractivity contribution < 1.29 is 23.4 Å². The summed E-state index contributed by atoms with van der Waals surface area (Å²) in [5.74, 6) is 0.930. The molecule has 0 aliphatic carbocycles. The summed E-state index contributed by atoms with van der Waals surface area (Å²) in [7, 11) is 0. The van der Waals surface area contributed by atoms with Crippen LogP contribution in [0.25, 0.3) is 0 Å². The van der Waals surface area contributed by atoms with Crippen molar-refractivity contribution in [2.75, 3.05) is 32.9 Å². The van der Waals surface area contributed by atoms with Crippen molar-refractivity contribution in [3.8, 4) is 11.5 Å². The average Bonchev–Trinajstić information content (AvgIpc) is 2.72. The highest BCUT2D eigenvalue weighted by Gasteiger charge is 2.23. The van der Waals surface area contributed by atoms with E-state index in [0.717, 1.165) is 18.6 Å². The summed E-state index contributed by atoms with van der Waals surface area (Å²) in [5.41, 5.74) is 0. The minimum atomic E-state index is -0.329. The Kier molecular flexibility index (Phi) is 7.04. The number of carbonyl (C=O) groups excluding carboxylic acids is 1. The van der Waals surface area contributed by atoms with Gasteiger partial charge in [0.2, 0.25) is 0 Å². The third kappa shape index (κ3) is 6.25. The van der Waals surface area contributed by atoms with E-state index in [1.165, 1.54) is 24.3 Å². The molecule has 1 saturated heterocycles. The highest BCUT2D eigenvalue weighted by Crippen LogP contribution is 2.16. The second kappa shape index (κ2) is 9.92. The number of hydrogen-bond donors (Lipinski definition) is 0. The van der Waals surface area contributed by atoms with Gasteiger partial charge in [0, 0.05) is 13.1 Å². The molecule has 1 heterocycles. The fourth-order valence-electron chi connectivity index (χ4n) is 2.93. The van der Waals surface area contributed by atoms with Crippen LogP contribution in [-0.2, 0) is 9.53 Å².